The van der Waals surface area contributed by atoms with Crippen molar-refractivity contribution in [3.05, 3.63) is 15.6 Å². The van der Waals surface area contributed by atoms with Crippen LogP contribution < -0.4 is 0 Å². The van der Waals surface area contributed by atoms with E-state index in [1.54, 1.807) is 18.3 Å². The van der Waals surface area contributed by atoms with Gasteiger partial charge in [-0.25, -0.2) is 9.78 Å². The fourth-order valence-electron chi connectivity index (χ4n) is 1.07. The maximum atomic E-state index is 11.4. The van der Waals surface area contributed by atoms with Gasteiger partial charge < -0.3 is 4.74 Å². The van der Waals surface area contributed by atoms with Gasteiger partial charge in [0.05, 0.1) is 11.6 Å². The first-order valence-corrected chi connectivity index (χ1v) is 5.14. The average molecular weight is 199 g/mol. The van der Waals surface area contributed by atoms with E-state index >= 15 is 0 Å². The molecule has 1 rings (SSSR count). The Bertz CT molecular complexity index is 307. The standard InChI is InChI=1S/C9H13NO2S/c1-4-7-8(9(11)12-5-2)10-6(3)13-7/h4-5H2,1-3H3. The molecule has 0 aliphatic carbocycles. The Balaban J connectivity index is 2.91. The molecule has 4 heteroatoms. The minimum Gasteiger partial charge on any atom is -0.461 e. The molecule has 0 amide bonds. The second kappa shape index (κ2) is 4.37. The van der Waals surface area contributed by atoms with Crippen LogP contribution in [-0.2, 0) is 11.2 Å². The zero-order valence-electron chi connectivity index (χ0n) is 8.09. The Morgan fingerprint density at radius 3 is 2.77 bits per heavy atom. The lowest BCUT2D eigenvalue weighted by atomic mass is 10.3. The minimum absolute atomic E-state index is 0.302. The molecule has 0 aliphatic heterocycles. The fraction of sp³-hybridized carbons (Fsp3) is 0.556. The van der Waals surface area contributed by atoms with Crippen LogP contribution in [0.3, 0.4) is 0 Å². The normalized spacial score (nSPS) is 10.1. The van der Waals surface area contributed by atoms with E-state index < -0.39 is 0 Å². The Morgan fingerprint density at radius 2 is 2.23 bits per heavy atom. The van der Waals surface area contributed by atoms with Crippen molar-refractivity contribution in [2.45, 2.75) is 27.2 Å². The van der Waals surface area contributed by atoms with Gasteiger partial charge >= 0.3 is 5.97 Å². The van der Waals surface area contributed by atoms with Crippen LogP contribution in [0.25, 0.3) is 0 Å². The lowest BCUT2D eigenvalue weighted by molar-refractivity contribution is 0.0519. The number of ether oxygens (including phenoxy) is 1. The summed E-state index contributed by atoms with van der Waals surface area (Å²) in [4.78, 5) is 16.5. The van der Waals surface area contributed by atoms with Gasteiger partial charge in [0.1, 0.15) is 0 Å². The van der Waals surface area contributed by atoms with Crippen molar-refractivity contribution in [1.29, 1.82) is 0 Å². The molecule has 0 radical (unpaired) electrons. The van der Waals surface area contributed by atoms with E-state index in [2.05, 4.69) is 4.98 Å². The summed E-state index contributed by atoms with van der Waals surface area (Å²) in [7, 11) is 0. The van der Waals surface area contributed by atoms with Crippen LogP contribution in [0, 0.1) is 6.92 Å². The lowest BCUT2D eigenvalue weighted by Crippen LogP contribution is -2.07. The molecule has 0 unspecified atom stereocenters. The van der Waals surface area contributed by atoms with E-state index in [9.17, 15) is 4.79 Å². The quantitative estimate of drug-likeness (QED) is 0.700. The highest BCUT2D eigenvalue weighted by atomic mass is 32.1. The Hall–Kier alpha value is -0.900. The second-order valence-electron chi connectivity index (χ2n) is 2.58. The molecule has 0 spiro atoms. The number of hydrogen-bond donors (Lipinski definition) is 0. The van der Waals surface area contributed by atoms with Gasteiger partial charge in [-0.1, -0.05) is 6.92 Å². The van der Waals surface area contributed by atoms with Crippen LogP contribution in [0.5, 0.6) is 0 Å². The zero-order valence-corrected chi connectivity index (χ0v) is 8.90. The highest BCUT2D eigenvalue weighted by Gasteiger charge is 2.15. The Morgan fingerprint density at radius 1 is 1.54 bits per heavy atom. The molecule has 3 nitrogen and oxygen atoms in total. The summed E-state index contributed by atoms with van der Waals surface area (Å²) in [5.41, 5.74) is 0.492. The second-order valence-corrected chi connectivity index (χ2v) is 3.87. The number of esters is 1. The van der Waals surface area contributed by atoms with Crippen LogP contribution >= 0.6 is 11.3 Å². The van der Waals surface area contributed by atoms with Crippen molar-refractivity contribution < 1.29 is 9.53 Å². The number of nitrogens with zero attached hydrogens (tertiary/aromatic N) is 1. The molecule has 0 N–H and O–H groups in total. The molecular weight excluding hydrogens is 186 g/mol. The maximum absolute atomic E-state index is 11.4. The van der Waals surface area contributed by atoms with E-state index in [4.69, 9.17) is 4.74 Å². The number of thiazole rings is 1. The van der Waals surface area contributed by atoms with E-state index in [-0.39, 0.29) is 5.97 Å². The van der Waals surface area contributed by atoms with Crippen LogP contribution in [0.1, 0.15) is 34.2 Å². The molecule has 1 aromatic heterocycles. The summed E-state index contributed by atoms with van der Waals surface area (Å²) in [5, 5.41) is 0.917. The molecule has 0 atom stereocenters. The third kappa shape index (κ3) is 2.28. The summed E-state index contributed by atoms with van der Waals surface area (Å²) in [5.74, 6) is -0.302. The number of hydrogen-bond acceptors (Lipinski definition) is 4. The SMILES string of the molecule is CCOC(=O)c1nc(C)sc1CC. The van der Waals surface area contributed by atoms with Gasteiger partial charge in [-0.3, -0.25) is 0 Å². The van der Waals surface area contributed by atoms with Gasteiger partial charge in [-0.05, 0) is 20.3 Å². The van der Waals surface area contributed by atoms with Gasteiger partial charge in [0, 0.05) is 4.88 Å². The van der Waals surface area contributed by atoms with Crippen molar-refractivity contribution in [3.63, 3.8) is 0 Å². The summed E-state index contributed by atoms with van der Waals surface area (Å²) >= 11 is 1.56. The highest BCUT2D eigenvalue weighted by molar-refractivity contribution is 7.11. The molecule has 1 heterocycles. The minimum atomic E-state index is -0.302. The first kappa shape index (κ1) is 10.2. The van der Waals surface area contributed by atoms with Crippen LogP contribution in [0.4, 0.5) is 0 Å². The van der Waals surface area contributed by atoms with Gasteiger partial charge in [-0.2, -0.15) is 0 Å². The molecule has 0 saturated carbocycles. The first-order valence-electron chi connectivity index (χ1n) is 4.32. The van der Waals surface area contributed by atoms with Crippen LogP contribution in [-0.4, -0.2) is 17.6 Å². The fourth-order valence-corrected chi connectivity index (χ4v) is 1.93. The number of carbonyl (C=O) groups is 1. The summed E-state index contributed by atoms with van der Waals surface area (Å²) in [6, 6.07) is 0. The number of rotatable bonds is 3. The Labute approximate surface area is 81.8 Å². The third-order valence-electron chi connectivity index (χ3n) is 1.59. The van der Waals surface area contributed by atoms with Crippen LogP contribution in [0.2, 0.25) is 0 Å². The number of carbonyl (C=O) groups excluding carboxylic acids is 1. The van der Waals surface area contributed by atoms with Crippen LogP contribution in [0.15, 0.2) is 0 Å². The van der Waals surface area contributed by atoms with Crippen molar-refractivity contribution in [2.24, 2.45) is 0 Å². The third-order valence-corrected chi connectivity index (χ3v) is 2.71. The van der Waals surface area contributed by atoms with Crippen molar-refractivity contribution in [3.8, 4) is 0 Å². The molecule has 0 saturated heterocycles. The van der Waals surface area contributed by atoms with E-state index in [0.29, 0.717) is 12.3 Å². The molecule has 0 bridgehead atoms. The van der Waals surface area contributed by atoms with Crippen molar-refractivity contribution in [1.82, 2.24) is 4.98 Å². The monoisotopic (exact) mass is 199 g/mol. The number of aryl methyl sites for hydroxylation is 2. The predicted molar refractivity (Wildman–Crippen MR) is 52.2 cm³/mol. The summed E-state index contributed by atoms with van der Waals surface area (Å²) in [6.07, 6.45) is 0.833. The molecule has 0 aromatic carbocycles. The lowest BCUT2D eigenvalue weighted by Gasteiger charge is -1.99. The van der Waals surface area contributed by atoms with E-state index in [0.717, 1.165) is 16.3 Å². The van der Waals surface area contributed by atoms with Crippen molar-refractivity contribution in [2.75, 3.05) is 6.61 Å². The molecule has 13 heavy (non-hydrogen) atoms. The highest BCUT2D eigenvalue weighted by Crippen LogP contribution is 2.19. The predicted octanol–water partition coefficient (Wildman–Crippen LogP) is 2.19. The molecule has 1 aromatic rings. The smallest absolute Gasteiger partial charge is 0.358 e. The number of aromatic nitrogens is 1. The molecule has 0 aliphatic rings. The largest absolute Gasteiger partial charge is 0.461 e. The van der Waals surface area contributed by atoms with Gasteiger partial charge in [-0.15, -0.1) is 11.3 Å². The van der Waals surface area contributed by atoms with Crippen molar-refractivity contribution >= 4 is 17.3 Å². The maximum Gasteiger partial charge on any atom is 0.358 e. The zero-order chi connectivity index (χ0) is 9.84. The van der Waals surface area contributed by atoms with Gasteiger partial charge in [0.15, 0.2) is 5.69 Å². The topological polar surface area (TPSA) is 39.2 Å². The van der Waals surface area contributed by atoms with Gasteiger partial charge in [0.25, 0.3) is 0 Å². The van der Waals surface area contributed by atoms with E-state index in [1.807, 2.05) is 13.8 Å². The first-order chi connectivity index (χ1) is 6.19. The molecular formula is C9H13NO2S. The summed E-state index contributed by atoms with van der Waals surface area (Å²) < 4.78 is 4.89. The Kier molecular flexibility index (Phi) is 3.42. The molecule has 72 valence electrons. The summed E-state index contributed by atoms with van der Waals surface area (Å²) in [6.45, 7) is 6.10. The molecule has 0 fully saturated rings. The van der Waals surface area contributed by atoms with E-state index in [1.165, 1.54) is 0 Å². The average Bonchev–Trinajstić information content (AvgIpc) is 2.47. The van der Waals surface area contributed by atoms with Gasteiger partial charge in [0.2, 0.25) is 0 Å².